The summed E-state index contributed by atoms with van der Waals surface area (Å²) in [5.74, 6) is -7.09. The fourth-order valence-electron chi connectivity index (χ4n) is 1.16. The van der Waals surface area contributed by atoms with Gasteiger partial charge in [-0.25, -0.2) is 4.39 Å². The van der Waals surface area contributed by atoms with Crippen molar-refractivity contribution in [3.8, 4) is 17.2 Å². The van der Waals surface area contributed by atoms with Gasteiger partial charge in [0, 0.05) is 0 Å². The molecular weight excluding hydrogens is 201 g/mol. The molecule has 1 aromatic carbocycles. The van der Waals surface area contributed by atoms with Crippen LogP contribution < -0.4 is 9.47 Å². The van der Waals surface area contributed by atoms with Gasteiger partial charge >= 0.3 is 0 Å². The van der Waals surface area contributed by atoms with Gasteiger partial charge in [0.2, 0.25) is 34.7 Å². The Kier molecular flexibility index (Phi) is 1.90. The Morgan fingerprint density at radius 1 is 0.857 bits per heavy atom. The first-order chi connectivity index (χ1) is 6.63. The highest BCUT2D eigenvalue weighted by atomic mass is 19.2. The van der Waals surface area contributed by atoms with Crippen molar-refractivity contribution in [3.63, 3.8) is 0 Å². The summed E-state index contributed by atoms with van der Waals surface area (Å²) in [5, 5.41) is 9.06. The molecule has 1 aromatic rings. The van der Waals surface area contributed by atoms with E-state index in [9.17, 15) is 13.2 Å². The van der Waals surface area contributed by atoms with Crippen LogP contribution >= 0.6 is 0 Å². The van der Waals surface area contributed by atoms with Gasteiger partial charge in [-0.3, -0.25) is 0 Å². The highest BCUT2D eigenvalue weighted by Crippen LogP contribution is 2.43. The molecule has 1 N–H and O–H groups in total. The molecule has 0 radical (unpaired) electrons. The fraction of sp³-hybridized carbons (Fsp3) is 0.250. The minimum atomic E-state index is -1.77. The SMILES string of the molecule is Oc1c(F)c(F)c(F)c2c1OCCO2. The van der Waals surface area contributed by atoms with Gasteiger partial charge in [-0.15, -0.1) is 0 Å². The van der Waals surface area contributed by atoms with Crippen molar-refractivity contribution in [3.05, 3.63) is 17.5 Å². The van der Waals surface area contributed by atoms with E-state index in [0.29, 0.717) is 0 Å². The van der Waals surface area contributed by atoms with Crippen LogP contribution in [0.15, 0.2) is 0 Å². The van der Waals surface area contributed by atoms with Gasteiger partial charge in [0.05, 0.1) is 0 Å². The average molecular weight is 206 g/mol. The first-order valence-electron chi connectivity index (χ1n) is 3.78. The zero-order chi connectivity index (χ0) is 10.3. The summed E-state index contributed by atoms with van der Waals surface area (Å²) in [6.07, 6.45) is 0. The summed E-state index contributed by atoms with van der Waals surface area (Å²) in [5.41, 5.74) is 0. The number of hydrogen-bond donors (Lipinski definition) is 1. The molecule has 14 heavy (non-hydrogen) atoms. The molecule has 76 valence electrons. The lowest BCUT2D eigenvalue weighted by molar-refractivity contribution is 0.153. The van der Waals surface area contributed by atoms with Crippen LogP contribution in [0.3, 0.4) is 0 Å². The summed E-state index contributed by atoms with van der Waals surface area (Å²) < 4.78 is 48.0. The average Bonchev–Trinajstić information content (AvgIpc) is 2.23. The minimum absolute atomic E-state index is 0.0223. The number of phenolic OH excluding ortho intramolecular Hbond substituents is 1. The van der Waals surface area contributed by atoms with E-state index in [0.717, 1.165) is 0 Å². The molecule has 0 atom stereocenters. The summed E-state index contributed by atoms with van der Waals surface area (Å²) in [6, 6.07) is 0. The minimum Gasteiger partial charge on any atom is -0.502 e. The van der Waals surface area contributed by atoms with Crippen LogP contribution in [-0.4, -0.2) is 18.3 Å². The maximum Gasteiger partial charge on any atom is 0.209 e. The number of aromatic hydroxyl groups is 1. The first-order valence-corrected chi connectivity index (χ1v) is 3.78. The van der Waals surface area contributed by atoms with Gasteiger partial charge in [0.1, 0.15) is 13.2 Å². The summed E-state index contributed by atoms with van der Waals surface area (Å²) in [4.78, 5) is 0. The monoisotopic (exact) mass is 206 g/mol. The largest absolute Gasteiger partial charge is 0.502 e. The normalized spacial score (nSPS) is 14.2. The van der Waals surface area contributed by atoms with E-state index < -0.39 is 34.7 Å². The maximum absolute atomic E-state index is 13.0. The number of phenols is 1. The van der Waals surface area contributed by atoms with Crippen molar-refractivity contribution >= 4 is 0 Å². The number of rotatable bonds is 0. The second-order valence-corrected chi connectivity index (χ2v) is 2.65. The molecule has 2 rings (SSSR count). The number of halogens is 3. The highest BCUT2D eigenvalue weighted by molar-refractivity contribution is 5.53. The number of ether oxygens (including phenoxy) is 2. The number of fused-ring (bicyclic) bond motifs is 1. The molecule has 0 saturated carbocycles. The zero-order valence-corrected chi connectivity index (χ0v) is 6.81. The summed E-state index contributed by atoms with van der Waals surface area (Å²) in [6.45, 7) is 0.0690. The Morgan fingerprint density at radius 3 is 2.07 bits per heavy atom. The van der Waals surface area contributed by atoms with Crippen molar-refractivity contribution in [1.29, 1.82) is 0 Å². The quantitative estimate of drug-likeness (QED) is 0.655. The molecular formula is C8H5F3O3. The maximum atomic E-state index is 13.0. The van der Waals surface area contributed by atoms with Crippen molar-refractivity contribution < 1.29 is 27.8 Å². The number of benzene rings is 1. The molecule has 0 saturated heterocycles. The molecule has 1 heterocycles. The first kappa shape index (κ1) is 8.98. The molecule has 0 aromatic heterocycles. The van der Waals surface area contributed by atoms with Crippen molar-refractivity contribution in [2.75, 3.05) is 13.2 Å². The molecule has 0 aliphatic carbocycles. The van der Waals surface area contributed by atoms with Crippen LogP contribution in [-0.2, 0) is 0 Å². The smallest absolute Gasteiger partial charge is 0.209 e. The van der Waals surface area contributed by atoms with E-state index >= 15 is 0 Å². The fourth-order valence-corrected chi connectivity index (χ4v) is 1.16. The van der Waals surface area contributed by atoms with Gasteiger partial charge in [0.15, 0.2) is 0 Å². The third-order valence-corrected chi connectivity index (χ3v) is 1.79. The van der Waals surface area contributed by atoms with Crippen LogP contribution in [0.4, 0.5) is 13.2 Å². The molecule has 1 aliphatic rings. The van der Waals surface area contributed by atoms with Crippen molar-refractivity contribution in [2.45, 2.75) is 0 Å². The molecule has 0 fully saturated rings. The van der Waals surface area contributed by atoms with E-state index in [1.165, 1.54) is 0 Å². The van der Waals surface area contributed by atoms with Gasteiger partial charge in [-0.2, -0.15) is 8.78 Å². The Labute approximate surface area is 76.7 Å². The van der Waals surface area contributed by atoms with E-state index in [4.69, 9.17) is 14.6 Å². The Balaban J connectivity index is 2.71. The van der Waals surface area contributed by atoms with Gasteiger partial charge in [0.25, 0.3) is 0 Å². The Bertz CT molecular complexity index is 355. The zero-order valence-electron chi connectivity index (χ0n) is 6.81. The van der Waals surface area contributed by atoms with Gasteiger partial charge < -0.3 is 14.6 Å². The molecule has 0 amide bonds. The van der Waals surface area contributed by atoms with Gasteiger partial charge in [-0.05, 0) is 0 Å². The van der Waals surface area contributed by atoms with Crippen LogP contribution in [0, 0.1) is 17.5 Å². The van der Waals surface area contributed by atoms with E-state index in [1.54, 1.807) is 0 Å². The summed E-state index contributed by atoms with van der Waals surface area (Å²) in [7, 11) is 0. The predicted molar refractivity (Wildman–Crippen MR) is 39.0 cm³/mol. The van der Waals surface area contributed by atoms with Crippen molar-refractivity contribution in [2.24, 2.45) is 0 Å². The van der Waals surface area contributed by atoms with E-state index in [2.05, 4.69) is 0 Å². The third kappa shape index (κ3) is 1.07. The lowest BCUT2D eigenvalue weighted by Gasteiger charge is -2.19. The Hall–Kier alpha value is -1.59. The van der Waals surface area contributed by atoms with Crippen LogP contribution in [0.2, 0.25) is 0 Å². The highest BCUT2D eigenvalue weighted by Gasteiger charge is 2.29. The Morgan fingerprint density at radius 2 is 1.43 bits per heavy atom. The lowest BCUT2D eigenvalue weighted by atomic mass is 10.2. The third-order valence-electron chi connectivity index (χ3n) is 1.79. The standard InChI is InChI=1S/C8H5F3O3/c9-3-4(10)6(12)8-7(5(3)11)13-1-2-14-8/h12H,1-2H2. The van der Waals surface area contributed by atoms with Crippen molar-refractivity contribution in [1.82, 2.24) is 0 Å². The van der Waals surface area contributed by atoms with E-state index in [1.807, 2.05) is 0 Å². The molecule has 3 nitrogen and oxygen atoms in total. The second-order valence-electron chi connectivity index (χ2n) is 2.65. The van der Waals surface area contributed by atoms with Crippen LogP contribution in [0.1, 0.15) is 0 Å². The topological polar surface area (TPSA) is 38.7 Å². The molecule has 6 heteroatoms. The van der Waals surface area contributed by atoms with Gasteiger partial charge in [-0.1, -0.05) is 0 Å². The van der Waals surface area contributed by atoms with Crippen LogP contribution in [0.5, 0.6) is 17.2 Å². The molecule has 0 bridgehead atoms. The molecule has 1 aliphatic heterocycles. The summed E-state index contributed by atoms with van der Waals surface area (Å²) >= 11 is 0. The number of hydrogen-bond acceptors (Lipinski definition) is 3. The van der Waals surface area contributed by atoms with Crippen LogP contribution in [0.25, 0.3) is 0 Å². The second kappa shape index (κ2) is 2.97. The molecule has 0 unspecified atom stereocenters. The lowest BCUT2D eigenvalue weighted by Crippen LogP contribution is -2.17. The molecule has 0 spiro atoms. The van der Waals surface area contributed by atoms with E-state index in [-0.39, 0.29) is 13.2 Å². The predicted octanol–water partition coefficient (Wildman–Crippen LogP) is 1.58.